The molecule has 182 valence electrons. The molecule has 36 heavy (non-hydrogen) atoms. The number of nitrogens with one attached hydrogen (secondary N) is 1. The zero-order chi connectivity index (χ0) is 25.6. The lowest BCUT2D eigenvalue weighted by molar-refractivity contribution is 0.539. The third kappa shape index (κ3) is 4.23. The summed E-state index contributed by atoms with van der Waals surface area (Å²) < 4.78 is 32.1. The Morgan fingerprint density at radius 3 is 1.89 bits per heavy atom. The number of rotatable bonds is 5. The van der Waals surface area contributed by atoms with E-state index in [9.17, 15) is 8.42 Å². The van der Waals surface area contributed by atoms with Gasteiger partial charge in [-0.25, -0.2) is 8.42 Å². The molecule has 1 aliphatic rings. The minimum absolute atomic E-state index is 0.0614. The van der Waals surface area contributed by atoms with Gasteiger partial charge in [0.2, 0.25) is 10.0 Å². The average Bonchev–Trinajstić information content (AvgIpc) is 3.12. The molecule has 0 amide bonds. The van der Waals surface area contributed by atoms with Gasteiger partial charge in [-0.3, -0.25) is 0 Å². The Kier molecular flexibility index (Phi) is 6.43. The van der Waals surface area contributed by atoms with E-state index in [1.54, 1.807) is 12.1 Å². The Bertz CT molecular complexity index is 1540. The molecule has 3 nitrogen and oxygen atoms in total. The highest BCUT2D eigenvalue weighted by atomic mass is 127. The van der Waals surface area contributed by atoms with Crippen LogP contribution < -0.4 is 4.72 Å². The van der Waals surface area contributed by atoms with Gasteiger partial charge in [0.25, 0.3) is 0 Å². The molecule has 0 aliphatic heterocycles. The highest BCUT2D eigenvalue weighted by molar-refractivity contribution is 14.1. The van der Waals surface area contributed by atoms with Crippen LogP contribution in [0.15, 0.2) is 118 Å². The SMILES string of the molecule is CC(C)(C)c1ccc(S(=O)(=O)N[C@@]2(c3ccccc3)C(I)=C(c3ccccc3)c3ccccc32)cc1. The van der Waals surface area contributed by atoms with Gasteiger partial charge in [0.15, 0.2) is 0 Å². The monoisotopic (exact) mass is 605 g/mol. The summed E-state index contributed by atoms with van der Waals surface area (Å²) in [6, 6.07) is 35.3. The number of hydrogen-bond donors (Lipinski definition) is 1. The molecule has 5 heteroatoms. The van der Waals surface area contributed by atoms with Gasteiger partial charge in [0.05, 0.1) is 4.90 Å². The maximum Gasteiger partial charge on any atom is 0.241 e. The summed E-state index contributed by atoms with van der Waals surface area (Å²) in [6.45, 7) is 6.35. The van der Waals surface area contributed by atoms with E-state index in [-0.39, 0.29) is 10.3 Å². The van der Waals surface area contributed by atoms with E-state index in [1.165, 1.54) is 0 Å². The van der Waals surface area contributed by atoms with E-state index in [0.29, 0.717) is 0 Å². The molecule has 1 atom stereocenters. The van der Waals surface area contributed by atoms with Gasteiger partial charge in [-0.1, -0.05) is 118 Å². The van der Waals surface area contributed by atoms with Crippen molar-refractivity contribution in [1.82, 2.24) is 4.72 Å². The van der Waals surface area contributed by atoms with Crippen molar-refractivity contribution < 1.29 is 8.42 Å². The average molecular weight is 606 g/mol. The molecule has 4 aromatic carbocycles. The van der Waals surface area contributed by atoms with Gasteiger partial charge in [-0.2, -0.15) is 4.72 Å². The van der Waals surface area contributed by atoms with E-state index in [1.807, 2.05) is 78.9 Å². The molecule has 0 radical (unpaired) electrons. The summed E-state index contributed by atoms with van der Waals surface area (Å²) in [5.74, 6) is 0. The molecule has 1 aliphatic carbocycles. The molecule has 0 bridgehead atoms. The smallest absolute Gasteiger partial charge is 0.207 e. The minimum Gasteiger partial charge on any atom is -0.207 e. The van der Waals surface area contributed by atoms with E-state index in [2.05, 4.69) is 66.3 Å². The third-order valence-electron chi connectivity index (χ3n) is 6.74. The molecule has 0 aromatic heterocycles. The summed E-state index contributed by atoms with van der Waals surface area (Å²) in [7, 11) is -3.88. The lowest BCUT2D eigenvalue weighted by Crippen LogP contribution is -2.46. The number of fused-ring (bicyclic) bond motifs is 1. The largest absolute Gasteiger partial charge is 0.241 e. The number of sulfonamides is 1. The lowest BCUT2D eigenvalue weighted by Gasteiger charge is -2.33. The highest BCUT2D eigenvalue weighted by Gasteiger charge is 2.48. The molecule has 0 saturated heterocycles. The van der Waals surface area contributed by atoms with Crippen molar-refractivity contribution in [2.45, 2.75) is 36.6 Å². The molecule has 0 heterocycles. The van der Waals surface area contributed by atoms with Gasteiger partial charge >= 0.3 is 0 Å². The zero-order valence-corrected chi connectivity index (χ0v) is 23.5. The first-order valence-electron chi connectivity index (χ1n) is 11.9. The van der Waals surface area contributed by atoms with Crippen LogP contribution in [-0.2, 0) is 21.0 Å². The molecule has 0 unspecified atom stereocenters. The molecule has 0 fully saturated rings. The molecular weight excluding hydrogens is 577 g/mol. The third-order valence-corrected chi connectivity index (χ3v) is 9.55. The van der Waals surface area contributed by atoms with Gasteiger partial charge in [0.1, 0.15) is 5.54 Å². The Morgan fingerprint density at radius 1 is 0.722 bits per heavy atom. The molecule has 0 spiro atoms. The normalized spacial score (nSPS) is 17.8. The van der Waals surface area contributed by atoms with Gasteiger partial charge < -0.3 is 0 Å². The van der Waals surface area contributed by atoms with Crippen molar-refractivity contribution in [2.24, 2.45) is 0 Å². The quantitative estimate of drug-likeness (QED) is 0.241. The first-order chi connectivity index (χ1) is 17.1. The van der Waals surface area contributed by atoms with Crippen molar-refractivity contribution in [2.75, 3.05) is 0 Å². The Balaban J connectivity index is 1.74. The van der Waals surface area contributed by atoms with Crippen molar-refractivity contribution >= 4 is 38.2 Å². The van der Waals surface area contributed by atoms with Crippen LogP contribution in [0, 0.1) is 0 Å². The van der Waals surface area contributed by atoms with Gasteiger partial charge in [-0.05, 0) is 68.0 Å². The van der Waals surface area contributed by atoms with E-state index in [4.69, 9.17) is 0 Å². The Morgan fingerprint density at radius 2 is 1.28 bits per heavy atom. The van der Waals surface area contributed by atoms with Gasteiger partial charge in [-0.15, -0.1) is 0 Å². The van der Waals surface area contributed by atoms with Crippen molar-refractivity contribution in [3.05, 3.63) is 141 Å². The van der Waals surface area contributed by atoms with Crippen LogP contribution in [0.1, 0.15) is 48.6 Å². The van der Waals surface area contributed by atoms with E-state index >= 15 is 0 Å². The topological polar surface area (TPSA) is 46.2 Å². The number of halogens is 1. The van der Waals surface area contributed by atoms with E-state index < -0.39 is 15.6 Å². The standard InChI is InChI=1S/C31H28INO2S/c1-30(2,3)23-18-20-25(21-19-23)36(34,35)33-31(24-14-8-5-9-15-24)27-17-11-10-16-26(27)28(29(31)32)22-12-6-4-7-13-22/h4-21,33H,1-3H3/t31-/m1/s1. The Labute approximate surface area is 227 Å². The van der Waals surface area contributed by atoms with Crippen molar-refractivity contribution in [3.8, 4) is 0 Å². The van der Waals surface area contributed by atoms with E-state index in [0.717, 1.165) is 37.0 Å². The van der Waals surface area contributed by atoms with Gasteiger partial charge in [0, 0.05) is 9.15 Å². The number of benzene rings is 4. The van der Waals surface area contributed by atoms with Crippen molar-refractivity contribution in [3.63, 3.8) is 0 Å². The van der Waals surface area contributed by atoms with Crippen LogP contribution in [0.4, 0.5) is 0 Å². The summed E-state index contributed by atoms with van der Waals surface area (Å²) in [5, 5.41) is 0. The molecule has 1 N–H and O–H groups in total. The second-order valence-electron chi connectivity index (χ2n) is 10.1. The Hall–Kier alpha value is -2.74. The zero-order valence-electron chi connectivity index (χ0n) is 20.5. The first kappa shape index (κ1) is 24.9. The fourth-order valence-corrected chi connectivity index (χ4v) is 7.73. The van der Waals surface area contributed by atoms with Crippen LogP contribution in [0.5, 0.6) is 0 Å². The highest BCUT2D eigenvalue weighted by Crippen LogP contribution is 2.54. The predicted molar refractivity (Wildman–Crippen MR) is 156 cm³/mol. The second kappa shape index (κ2) is 9.29. The minimum atomic E-state index is -3.88. The summed E-state index contributed by atoms with van der Waals surface area (Å²) in [5.41, 5.74) is 4.91. The summed E-state index contributed by atoms with van der Waals surface area (Å²) in [4.78, 5) is 0.251. The lowest BCUT2D eigenvalue weighted by atomic mass is 9.86. The van der Waals surface area contributed by atoms with Crippen LogP contribution in [0.25, 0.3) is 5.57 Å². The van der Waals surface area contributed by atoms with Crippen LogP contribution in [0.2, 0.25) is 0 Å². The number of hydrogen-bond acceptors (Lipinski definition) is 2. The van der Waals surface area contributed by atoms with Crippen LogP contribution in [-0.4, -0.2) is 8.42 Å². The fraction of sp³-hybridized carbons (Fsp3) is 0.161. The molecule has 0 saturated carbocycles. The maximum atomic E-state index is 14.0. The summed E-state index contributed by atoms with van der Waals surface area (Å²) in [6.07, 6.45) is 0. The maximum absolute atomic E-state index is 14.0. The molecule has 4 aromatic rings. The summed E-state index contributed by atoms with van der Waals surface area (Å²) >= 11 is 2.34. The first-order valence-corrected chi connectivity index (χ1v) is 14.5. The predicted octanol–water partition coefficient (Wildman–Crippen LogP) is 7.41. The van der Waals surface area contributed by atoms with Crippen molar-refractivity contribution in [1.29, 1.82) is 0 Å². The second-order valence-corrected chi connectivity index (χ2v) is 12.9. The molecular formula is C31H28INO2S. The fourth-order valence-electron chi connectivity index (χ4n) is 4.86. The van der Waals surface area contributed by atoms with Crippen LogP contribution in [0.3, 0.4) is 0 Å². The van der Waals surface area contributed by atoms with Crippen LogP contribution >= 0.6 is 22.6 Å². The molecule has 5 rings (SSSR count).